The predicted octanol–water partition coefficient (Wildman–Crippen LogP) is 0.540. The number of nitrogens with zero attached hydrogens (tertiary/aromatic N) is 2. The highest BCUT2D eigenvalue weighted by atomic mass is 16.5. The smallest absolute Gasteiger partial charge is 0.326 e. The molecule has 1 aliphatic heterocycles. The van der Waals surface area contributed by atoms with Crippen molar-refractivity contribution >= 4 is 18.0 Å². The average molecular weight is 272 g/mol. The van der Waals surface area contributed by atoms with Crippen molar-refractivity contribution in [1.82, 2.24) is 9.80 Å². The Labute approximate surface area is 112 Å². The molecule has 1 saturated heterocycles. The molecule has 0 aliphatic carbocycles. The van der Waals surface area contributed by atoms with Crippen LogP contribution in [0.2, 0.25) is 0 Å². The molecule has 0 spiro atoms. The monoisotopic (exact) mass is 272 g/mol. The third-order valence-electron chi connectivity index (χ3n) is 3.07. The van der Waals surface area contributed by atoms with Crippen LogP contribution in [-0.4, -0.2) is 65.7 Å². The van der Waals surface area contributed by atoms with E-state index in [4.69, 9.17) is 9.84 Å². The number of carboxylic acid groups (broad SMARTS) is 1. The number of esters is 1. The predicted molar refractivity (Wildman–Crippen MR) is 66.6 cm³/mol. The highest BCUT2D eigenvalue weighted by molar-refractivity contribution is 5.83. The van der Waals surface area contributed by atoms with Crippen LogP contribution >= 0.6 is 0 Å². The number of carbonyl (C=O) groups is 3. The summed E-state index contributed by atoms with van der Waals surface area (Å²) in [6.07, 6.45) is 1.28. The van der Waals surface area contributed by atoms with Crippen LogP contribution in [0.1, 0.15) is 26.2 Å². The lowest BCUT2D eigenvalue weighted by Gasteiger charge is -2.27. The van der Waals surface area contributed by atoms with E-state index >= 15 is 0 Å². The zero-order valence-electron chi connectivity index (χ0n) is 11.3. The van der Waals surface area contributed by atoms with E-state index < -0.39 is 12.0 Å². The van der Waals surface area contributed by atoms with Crippen LogP contribution in [0.25, 0.3) is 0 Å². The fourth-order valence-corrected chi connectivity index (χ4v) is 2.06. The molecule has 0 aromatic carbocycles. The van der Waals surface area contributed by atoms with Crippen LogP contribution in [0.4, 0.5) is 4.79 Å². The van der Waals surface area contributed by atoms with Gasteiger partial charge >= 0.3 is 18.0 Å². The number of amides is 2. The minimum atomic E-state index is -0.982. The van der Waals surface area contributed by atoms with Crippen molar-refractivity contribution in [3.8, 4) is 0 Å². The number of hydrogen-bond donors (Lipinski definition) is 1. The summed E-state index contributed by atoms with van der Waals surface area (Å²) < 4.78 is 4.77. The largest absolute Gasteiger partial charge is 0.480 e. The second-order valence-corrected chi connectivity index (χ2v) is 4.45. The highest BCUT2D eigenvalue weighted by Crippen LogP contribution is 2.18. The second-order valence-electron chi connectivity index (χ2n) is 4.45. The van der Waals surface area contributed by atoms with E-state index in [1.165, 1.54) is 9.80 Å². The number of hydrogen-bond acceptors (Lipinski definition) is 4. The van der Waals surface area contributed by atoms with Crippen LogP contribution in [0, 0.1) is 0 Å². The third-order valence-corrected chi connectivity index (χ3v) is 3.07. The molecule has 1 unspecified atom stereocenters. The number of ether oxygens (including phenoxy) is 1. The molecule has 1 N–H and O–H groups in total. The molecule has 0 aromatic rings. The molecular weight excluding hydrogens is 252 g/mol. The van der Waals surface area contributed by atoms with Crippen LogP contribution in [0.5, 0.6) is 0 Å². The topological polar surface area (TPSA) is 87.2 Å². The first kappa shape index (κ1) is 15.3. The zero-order valence-corrected chi connectivity index (χ0v) is 11.3. The fourth-order valence-electron chi connectivity index (χ4n) is 2.06. The van der Waals surface area contributed by atoms with E-state index in [1.807, 2.05) is 0 Å². The maximum Gasteiger partial charge on any atom is 0.326 e. The zero-order chi connectivity index (χ0) is 14.4. The van der Waals surface area contributed by atoms with Crippen LogP contribution < -0.4 is 0 Å². The molecule has 2 amide bonds. The normalized spacial score (nSPS) is 18.2. The molecule has 1 aliphatic rings. The van der Waals surface area contributed by atoms with E-state index in [0.29, 0.717) is 26.0 Å². The Balaban J connectivity index is 2.47. The summed E-state index contributed by atoms with van der Waals surface area (Å²) in [5, 5.41) is 9.02. The number of likely N-dealkylation sites (tertiary alicyclic amines) is 1. The maximum atomic E-state index is 12.1. The van der Waals surface area contributed by atoms with Gasteiger partial charge in [0.25, 0.3) is 0 Å². The van der Waals surface area contributed by atoms with Crippen LogP contribution in [-0.2, 0) is 14.3 Å². The van der Waals surface area contributed by atoms with E-state index in [1.54, 1.807) is 14.0 Å². The second kappa shape index (κ2) is 6.96. The van der Waals surface area contributed by atoms with Crippen molar-refractivity contribution < 1.29 is 24.2 Å². The lowest BCUT2D eigenvalue weighted by Crippen LogP contribution is -2.47. The number of urea groups is 1. The molecular formula is C12H20N2O5. The van der Waals surface area contributed by atoms with E-state index in [2.05, 4.69) is 0 Å². The summed E-state index contributed by atoms with van der Waals surface area (Å²) in [5.74, 6) is -1.34. The van der Waals surface area contributed by atoms with E-state index in [-0.39, 0.29) is 25.0 Å². The molecule has 0 saturated carbocycles. The van der Waals surface area contributed by atoms with Gasteiger partial charge in [0, 0.05) is 20.1 Å². The summed E-state index contributed by atoms with van der Waals surface area (Å²) in [5.41, 5.74) is 0. The SMILES string of the molecule is CCOC(=O)CCN(C)C(=O)N1CCCC1C(=O)O. The molecule has 0 bridgehead atoms. The van der Waals surface area contributed by atoms with Crippen LogP contribution in [0.15, 0.2) is 0 Å². The summed E-state index contributed by atoms with van der Waals surface area (Å²) in [6.45, 7) is 2.69. The van der Waals surface area contributed by atoms with Crippen molar-refractivity contribution in [2.45, 2.75) is 32.2 Å². The average Bonchev–Trinajstić information content (AvgIpc) is 2.84. The van der Waals surface area contributed by atoms with Gasteiger partial charge < -0.3 is 19.6 Å². The molecule has 1 atom stereocenters. The molecule has 1 fully saturated rings. The molecule has 1 heterocycles. The summed E-state index contributed by atoms with van der Waals surface area (Å²) >= 11 is 0. The van der Waals surface area contributed by atoms with Crippen molar-refractivity contribution in [3.63, 3.8) is 0 Å². The van der Waals surface area contributed by atoms with Gasteiger partial charge in [-0.2, -0.15) is 0 Å². The van der Waals surface area contributed by atoms with Crippen molar-refractivity contribution in [3.05, 3.63) is 0 Å². The number of carbonyl (C=O) groups excluding carboxylic acids is 2. The quantitative estimate of drug-likeness (QED) is 0.738. The molecule has 0 aromatic heterocycles. The van der Waals surface area contributed by atoms with Gasteiger partial charge in [-0.05, 0) is 19.8 Å². The molecule has 7 nitrogen and oxygen atoms in total. The summed E-state index contributed by atoms with van der Waals surface area (Å²) in [6, 6.07) is -1.10. The fraction of sp³-hybridized carbons (Fsp3) is 0.750. The van der Waals surface area contributed by atoms with Crippen molar-refractivity contribution in [2.75, 3.05) is 26.7 Å². The Hall–Kier alpha value is -1.79. The molecule has 19 heavy (non-hydrogen) atoms. The van der Waals surface area contributed by atoms with Gasteiger partial charge in [0.05, 0.1) is 13.0 Å². The Bertz CT molecular complexity index is 358. The molecule has 7 heteroatoms. The summed E-state index contributed by atoms with van der Waals surface area (Å²) in [4.78, 5) is 37.0. The Morgan fingerprint density at radius 2 is 2.11 bits per heavy atom. The first-order chi connectivity index (χ1) is 8.97. The van der Waals surface area contributed by atoms with Gasteiger partial charge in [0.2, 0.25) is 0 Å². The van der Waals surface area contributed by atoms with Crippen molar-refractivity contribution in [1.29, 1.82) is 0 Å². The minimum Gasteiger partial charge on any atom is -0.480 e. The summed E-state index contributed by atoms with van der Waals surface area (Å²) in [7, 11) is 1.55. The van der Waals surface area contributed by atoms with Crippen molar-refractivity contribution in [2.24, 2.45) is 0 Å². The Kier molecular flexibility index (Phi) is 5.59. The number of rotatable bonds is 5. The van der Waals surface area contributed by atoms with Gasteiger partial charge in [-0.25, -0.2) is 9.59 Å². The Morgan fingerprint density at radius 1 is 1.42 bits per heavy atom. The lowest BCUT2D eigenvalue weighted by molar-refractivity contribution is -0.144. The van der Waals surface area contributed by atoms with Crippen LogP contribution in [0.3, 0.4) is 0 Å². The maximum absolute atomic E-state index is 12.1. The Morgan fingerprint density at radius 3 is 2.68 bits per heavy atom. The standard InChI is InChI=1S/C12H20N2O5/c1-3-19-10(15)6-8-13(2)12(18)14-7-4-5-9(14)11(16)17/h9H,3-8H2,1-2H3,(H,16,17). The number of aliphatic carboxylic acids is 1. The van der Waals surface area contributed by atoms with Gasteiger partial charge in [-0.1, -0.05) is 0 Å². The molecule has 108 valence electrons. The van der Waals surface area contributed by atoms with Gasteiger partial charge in [-0.15, -0.1) is 0 Å². The molecule has 1 rings (SSSR count). The molecule has 0 radical (unpaired) electrons. The number of carboxylic acids is 1. The first-order valence-electron chi connectivity index (χ1n) is 6.37. The third kappa shape index (κ3) is 4.11. The van der Waals surface area contributed by atoms with Gasteiger partial charge in [-0.3, -0.25) is 4.79 Å². The van der Waals surface area contributed by atoms with E-state index in [9.17, 15) is 14.4 Å². The minimum absolute atomic E-state index is 0.113. The van der Waals surface area contributed by atoms with Gasteiger partial charge in [0.15, 0.2) is 0 Å². The van der Waals surface area contributed by atoms with Gasteiger partial charge in [0.1, 0.15) is 6.04 Å². The highest BCUT2D eigenvalue weighted by Gasteiger charge is 2.35. The first-order valence-corrected chi connectivity index (χ1v) is 6.37. The van der Waals surface area contributed by atoms with E-state index in [0.717, 1.165) is 0 Å². The lowest BCUT2D eigenvalue weighted by atomic mass is 10.2.